The van der Waals surface area contributed by atoms with Crippen molar-refractivity contribution in [2.45, 2.75) is 13.8 Å². The van der Waals surface area contributed by atoms with E-state index in [2.05, 4.69) is 10.6 Å². The lowest BCUT2D eigenvalue weighted by atomic mass is 10.2. The van der Waals surface area contributed by atoms with Crippen molar-refractivity contribution < 1.29 is 23.8 Å². The van der Waals surface area contributed by atoms with Crippen LogP contribution in [0.1, 0.15) is 19.4 Å². The van der Waals surface area contributed by atoms with E-state index in [0.29, 0.717) is 36.0 Å². The van der Waals surface area contributed by atoms with Gasteiger partial charge in [-0.1, -0.05) is 11.6 Å². The highest BCUT2D eigenvalue weighted by Crippen LogP contribution is 2.30. The minimum atomic E-state index is -0.726. The number of anilines is 1. The summed E-state index contributed by atoms with van der Waals surface area (Å²) >= 11 is 5.97. The second-order valence-electron chi connectivity index (χ2n) is 5.58. The molecule has 0 aliphatic rings. The topological polar surface area (TPSA) is 110 Å². The third kappa shape index (κ3) is 6.59. The minimum absolute atomic E-state index is 0.194. The van der Waals surface area contributed by atoms with E-state index >= 15 is 0 Å². The van der Waals surface area contributed by atoms with Crippen molar-refractivity contribution in [3.05, 3.63) is 47.0 Å². The van der Waals surface area contributed by atoms with E-state index in [-0.39, 0.29) is 10.8 Å². The number of nitrogens with one attached hydrogen (secondary N) is 2. The zero-order chi connectivity index (χ0) is 21.2. The van der Waals surface area contributed by atoms with Crippen LogP contribution in [0.3, 0.4) is 0 Å². The highest BCUT2D eigenvalue weighted by molar-refractivity contribution is 6.32. The molecule has 0 unspecified atom stereocenters. The lowest BCUT2D eigenvalue weighted by Gasteiger charge is -2.13. The van der Waals surface area contributed by atoms with Gasteiger partial charge in [0.2, 0.25) is 0 Å². The number of hydrogen-bond donors (Lipinski definition) is 2. The van der Waals surface area contributed by atoms with E-state index < -0.39 is 18.5 Å². The molecule has 2 aromatic rings. The molecule has 3 amide bonds. The highest BCUT2D eigenvalue weighted by atomic mass is 35.5. The van der Waals surface area contributed by atoms with E-state index in [1.165, 1.54) is 18.2 Å². The summed E-state index contributed by atoms with van der Waals surface area (Å²) in [6.45, 7) is 4.18. The SMILES string of the molecule is CCOc1ccc(NC(=O)NC(=O)COc2ccc(C#N)cc2Cl)cc1OCC. The molecule has 9 heteroatoms. The molecule has 0 aromatic heterocycles. The first-order chi connectivity index (χ1) is 14.0. The molecule has 0 heterocycles. The van der Waals surface area contributed by atoms with Gasteiger partial charge in [-0.05, 0) is 44.2 Å². The molecule has 2 aromatic carbocycles. The number of carbonyl (C=O) groups is 2. The van der Waals surface area contributed by atoms with Crippen LogP contribution in [0, 0.1) is 11.3 Å². The van der Waals surface area contributed by atoms with Gasteiger partial charge in [0, 0.05) is 11.8 Å². The number of hydrogen-bond acceptors (Lipinski definition) is 6. The predicted molar refractivity (Wildman–Crippen MR) is 108 cm³/mol. The predicted octanol–water partition coefficient (Wildman–Crippen LogP) is 3.74. The van der Waals surface area contributed by atoms with Gasteiger partial charge in [0.25, 0.3) is 5.91 Å². The Kier molecular flexibility index (Phi) is 8.12. The summed E-state index contributed by atoms with van der Waals surface area (Å²) < 4.78 is 16.2. The molecule has 8 nitrogen and oxygen atoms in total. The van der Waals surface area contributed by atoms with Gasteiger partial charge < -0.3 is 19.5 Å². The Hall–Kier alpha value is -3.44. The standard InChI is InChI=1S/C20H20ClN3O5/c1-3-27-17-8-6-14(10-18(17)28-4-2)23-20(26)24-19(25)12-29-16-7-5-13(11-22)9-15(16)21/h5-10H,3-4,12H2,1-2H3,(H2,23,24,25,26). The monoisotopic (exact) mass is 417 g/mol. The van der Waals surface area contributed by atoms with Gasteiger partial charge in [-0.15, -0.1) is 0 Å². The lowest BCUT2D eigenvalue weighted by molar-refractivity contribution is -0.121. The van der Waals surface area contributed by atoms with Crippen LogP contribution < -0.4 is 24.8 Å². The average molecular weight is 418 g/mol. The highest BCUT2D eigenvalue weighted by Gasteiger charge is 2.12. The molecule has 2 N–H and O–H groups in total. The van der Waals surface area contributed by atoms with Gasteiger partial charge in [0.1, 0.15) is 5.75 Å². The van der Waals surface area contributed by atoms with Crippen LogP contribution in [-0.2, 0) is 4.79 Å². The minimum Gasteiger partial charge on any atom is -0.490 e. The van der Waals surface area contributed by atoms with Crippen molar-refractivity contribution in [2.75, 3.05) is 25.1 Å². The number of ether oxygens (including phenoxy) is 3. The molecule has 0 saturated heterocycles. The maximum absolute atomic E-state index is 12.0. The Labute approximate surface area is 173 Å². The molecule has 152 valence electrons. The number of nitriles is 1. The molecule has 29 heavy (non-hydrogen) atoms. The normalized spacial score (nSPS) is 9.86. The van der Waals surface area contributed by atoms with Gasteiger partial charge in [-0.2, -0.15) is 5.26 Å². The number of nitrogens with zero attached hydrogens (tertiary/aromatic N) is 1. The quantitative estimate of drug-likeness (QED) is 0.677. The molecule has 0 atom stereocenters. The first kappa shape index (κ1) is 21.9. The van der Waals surface area contributed by atoms with E-state index in [0.717, 1.165) is 0 Å². The number of urea groups is 1. The molecule has 2 rings (SSSR count). The summed E-state index contributed by atoms with van der Waals surface area (Å²) in [5, 5.41) is 13.7. The van der Waals surface area contributed by atoms with Crippen molar-refractivity contribution >= 4 is 29.2 Å². The fraction of sp³-hybridized carbons (Fsp3) is 0.250. The maximum Gasteiger partial charge on any atom is 0.325 e. The summed E-state index contributed by atoms with van der Waals surface area (Å²) in [6.07, 6.45) is 0. The summed E-state index contributed by atoms with van der Waals surface area (Å²) in [4.78, 5) is 24.0. The average Bonchev–Trinajstić information content (AvgIpc) is 2.69. The van der Waals surface area contributed by atoms with Crippen molar-refractivity contribution in [3.8, 4) is 23.3 Å². The van der Waals surface area contributed by atoms with Crippen LogP contribution in [0.25, 0.3) is 0 Å². The summed E-state index contributed by atoms with van der Waals surface area (Å²) in [5.41, 5.74) is 0.797. The van der Waals surface area contributed by atoms with Gasteiger partial charge in [0.05, 0.1) is 29.9 Å². The molecule has 0 aliphatic heterocycles. The van der Waals surface area contributed by atoms with Crippen molar-refractivity contribution in [1.29, 1.82) is 5.26 Å². The van der Waals surface area contributed by atoms with Gasteiger partial charge in [0.15, 0.2) is 18.1 Å². The number of carbonyl (C=O) groups excluding carboxylic acids is 2. The van der Waals surface area contributed by atoms with E-state index in [9.17, 15) is 9.59 Å². The number of rotatable bonds is 8. The Balaban J connectivity index is 1.91. The Morgan fingerprint density at radius 2 is 1.69 bits per heavy atom. The third-order valence-corrected chi connectivity index (χ3v) is 3.77. The number of halogens is 1. The zero-order valence-electron chi connectivity index (χ0n) is 16.0. The number of amides is 3. The Morgan fingerprint density at radius 3 is 2.34 bits per heavy atom. The van der Waals surface area contributed by atoms with Gasteiger partial charge in [-0.3, -0.25) is 10.1 Å². The van der Waals surface area contributed by atoms with Gasteiger partial charge in [-0.25, -0.2) is 4.79 Å². The Morgan fingerprint density at radius 1 is 1.00 bits per heavy atom. The summed E-state index contributed by atoms with van der Waals surface area (Å²) in [6, 6.07) is 10.5. The smallest absolute Gasteiger partial charge is 0.325 e. The fourth-order valence-electron chi connectivity index (χ4n) is 2.28. The Bertz CT molecular complexity index is 927. The fourth-order valence-corrected chi connectivity index (χ4v) is 2.52. The van der Waals surface area contributed by atoms with Crippen molar-refractivity contribution in [2.24, 2.45) is 0 Å². The van der Waals surface area contributed by atoms with E-state index in [4.69, 9.17) is 31.1 Å². The van der Waals surface area contributed by atoms with Crippen LogP contribution in [0.5, 0.6) is 17.2 Å². The molecular formula is C20H20ClN3O5. The van der Waals surface area contributed by atoms with Crippen LogP contribution >= 0.6 is 11.6 Å². The van der Waals surface area contributed by atoms with E-state index in [1.807, 2.05) is 19.9 Å². The number of imide groups is 1. The lowest BCUT2D eigenvalue weighted by Crippen LogP contribution is -2.37. The largest absolute Gasteiger partial charge is 0.490 e. The first-order valence-electron chi connectivity index (χ1n) is 8.79. The molecule has 0 radical (unpaired) electrons. The van der Waals surface area contributed by atoms with Crippen LogP contribution in [-0.4, -0.2) is 31.8 Å². The zero-order valence-corrected chi connectivity index (χ0v) is 16.7. The maximum atomic E-state index is 12.0. The second kappa shape index (κ2) is 10.8. The molecule has 0 saturated carbocycles. The van der Waals surface area contributed by atoms with Gasteiger partial charge >= 0.3 is 6.03 Å². The van der Waals surface area contributed by atoms with Crippen molar-refractivity contribution in [3.63, 3.8) is 0 Å². The van der Waals surface area contributed by atoms with Crippen molar-refractivity contribution in [1.82, 2.24) is 5.32 Å². The van der Waals surface area contributed by atoms with Crippen LogP contribution in [0.2, 0.25) is 5.02 Å². The summed E-state index contributed by atoms with van der Waals surface area (Å²) in [5.74, 6) is 0.606. The molecular weight excluding hydrogens is 398 g/mol. The summed E-state index contributed by atoms with van der Waals surface area (Å²) in [7, 11) is 0. The first-order valence-corrected chi connectivity index (χ1v) is 9.17. The van der Waals surface area contributed by atoms with Crippen LogP contribution in [0.15, 0.2) is 36.4 Å². The molecule has 0 bridgehead atoms. The van der Waals surface area contributed by atoms with E-state index in [1.54, 1.807) is 18.2 Å². The van der Waals surface area contributed by atoms with Crippen LogP contribution in [0.4, 0.5) is 10.5 Å². The molecule has 0 fully saturated rings. The molecule has 0 aliphatic carbocycles. The molecule has 0 spiro atoms. The third-order valence-electron chi connectivity index (χ3n) is 3.47. The second-order valence-corrected chi connectivity index (χ2v) is 5.98. The number of benzene rings is 2.